The molecule has 2 aliphatic carbocycles. The van der Waals surface area contributed by atoms with Crippen molar-refractivity contribution >= 4 is 60.7 Å². The van der Waals surface area contributed by atoms with Crippen molar-refractivity contribution in [3.05, 3.63) is 339 Å². The number of nitriles is 6. The Labute approximate surface area is 639 Å². The number of allylic oxidation sites excluding steroid dienone is 7. The summed E-state index contributed by atoms with van der Waals surface area (Å²) in [4.78, 5) is 0. The molecule has 110 heavy (non-hydrogen) atoms. The first-order chi connectivity index (χ1) is 54.0. The maximum Gasteiger partial charge on any atom is 0.169 e. The normalized spacial score (nSPS) is 15.4. The number of terminal acetylenes is 1. The second-order valence-corrected chi connectivity index (χ2v) is 26.6. The van der Waals surface area contributed by atoms with Gasteiger partial charge in [0.25, 0.3) is 0 Å². The number of nitrogens with zero attached hydrogens (tertiary/aromatic N) is 8. The molecule has 17 nitrogen and oxygen atoms in total. The third kappa shape index (κ3) is 16.4. The van der Waals surface area contributed by atoms with E-state index < -0.39 is 0 Å². The van der Waals surface area contributed by atoms with E-state index in [4.69, 9.17) is 31.9 Å². The van der Waals surface area contributed by atoms with Gasteiger partial charge in [0.1, 0.15) is 90.5 Å². The molecule has 6 aliphatic rings. The SMILES string of the molecule is C#CC(C#N)=C1C=CC(C2NC=CN2)C=C1.C[n+]1ccc(C(c2cc[n+](C)cc2)=c2ccc(=C3NCCN3)cc2)cc1.Cc1ccc(-c2oc(-c3ccc(C#N)cc3)c3ccccc23)cc1.N#CC(C#N)=C1C=CC(C2NCCN2)c2ccccc21.N#CC(C#N)=c1c2ccccc2c(=C2NCCN2)c2ccccc12. The number of aryl methyl sites for hydroxylation is 3. The number of aromatic nitrogens is 2. The number of furan rings is 1. The maximum atomic E-state index is 9.44. The van der Waals surface area contributed by atoms with Crippen molar-refractivity contribution in [1.82, 2.24) is 42.5 Å². The molecule has 7 heterocycles. The third-order valence-electron chi connectivity index (χ3n) is 19.7. The van der Waals surface area contributed by atoms with E-state index in [1.165, 1.54) is 32.7 Å². The zero-order valence-corrected chi connectivity index (χ0v) is 61.0. The lowest BCUT2D eigenvalue weighted by atomic mass is 9.82. The van der Waals surface area contributed by atoms with Crippen LogP contribution in [0.2, 0.25) is 0 Å². The highest BCUT2D eigenvalue weighted by molar-refractivity contribution is 6.05. The fourth-order valence-corrected chi connectivity index (χ4v) is 14.2. The predicted molar refractivity (Wildman–Crippen MR) is 432 cm³/mol. The Morgan fingerprint density at radius 1 is 0.464 bits per heavy atom. The highest BCUT2D eigenvalue weighted by Gasteiger charge is 2.29. The number of nitrogens with one attached hydrogen (secondary N) is 8. The molecule has 534 valence electrons. The maximum absolute atomic E-state index is 9.44. The molecule has 3 saturated heterocycles. The number of pyridine rings is 2. The first kappa shape index (κ1) is 73.6. The molecule has 3 fully saturated rings. The molecule has 17 heteroatoms. The molecule has 0 spiro atoms. The molecule has 8 aromatic carbocycles. The fraction of sp³-hybridized carbons (Fsp3) is 0.140. The number of rotatable bonds is 6. The summed E-state index contributed by atoms with van der Waals surface area (Å²) >= 11 is 0. The van der Waals surface area contributed by atoms with Gasteiger partial charge in [0.05, 0.1) is 17.8 Å². The van der Waals surface area contributed by atoms with Gasteiger partial charge in [0.2, 0.25) is 0 Å². The molecule has 0 saturated carbocycles. The first-order valence-corrected chi connectivity index (χ1v) is 36.2. The van der Waals surface area contributed by atoms with Gasteiger partial charge in [0.15, 0.2) is 24.8 Å². The van der Waals surface area contributed by atoms with Crippen molar-refractivity contribution in [3.63, 3.8) is 0 Å². The van der Waals surface area contributed by atoms with Gasteiger partial charge in [-0.1, -0.05) is 194 Å². The zero-order chi connectivity index (χ0) is 76.3. The summed E-state index contributed by atoms with van der Waals surface area (Å²) in [5.41, 5.74) is 11.9. The Morgan fingerprint density at radius 3 is 1.44 bits per heavy atom. The number of hydrogen-bond acceptors (Lipinski definition) is 15. The zero-order valence-electron chi connectivity index (χ0n) is 61.0. The molecule has 17 rings (SSSR count). The van der Waals surface area contributed by atoms with E-state index >= 15 is 0 Å². The van der Waals surface area contributed by atoms with Crippen LogP contribution in [0.4, 0.5) is 0 Å². The van der Waals surface area contributed by atoms with Crippen LogP contribution in [0, 0.1) is 93.2 Å². The van der Waals surface area contributed by atoms with Crippen LogP contribution in [0.1, 0.15) is 39.3 Å². The standard InChI is InChI=1S/C22H23N4.C22H15NO.C20H14N4.C16H14N4.C13H11N3/c1-25-13-7-18(8-14-25)21(19-9-15-26(2)16-10-19)17-3-5-20(6-4-17)22-23-11-12-24-22;1-15-6-10-17(11-7-15)21-19-4-2-3-5-20(19)22(24-21)18-12-8-16(14-23)9-13-18;21-11-13(12-22)18-14-5-1-3-7-16(14)19(20-23-9-10-24-20)17-8-4-2-6-15(17)18;17-9-11(10-18)12-5-6-15(16-19-7-8-20-16)14-4-2-1-3-13(12)14;1-2-10(9-14)11-3-5-12(6-4-11)13-15-7-8-16-13/h3-10,13-16H,11-12H2,1-2H3,(H,23,24);2-13H,1H3;1-8,23-24H,9-10H2;1-6,15-16,19-20H,7-8H2;1,3-8,12-13,15-16H/q+1;;;;/p+1. The van der Waals surface area contributed by atoms with E-state index in [-0.39, 0.29) is 35.3 Å². The molecular formula is C93H78N16O+2. The Hall–Kier alpha value is -14.7. The summed E-state index contributed by atoms with van der Waals surface area (Å²) in [7, 11) is 4.08. The average molecular weight is 1440 g/mol. The van der Waals surface area contributed by atoms with Crippen LogP contribution in [0.3, 0.4) is 0 Å². The van der Waals surface area contributed by atoms with Crippen molar-refractivity contribution in [3.8, 4) is 71.4 Å². The van der Waals surface area contributed by atoms with Crippen LogP contribution in [-0.4, -0.2) is 51.6 Å². The Kier molecular flexibility index (Phi) is 23.3. The van der Waals surface area contributed by atoms with E-state index in [0.717, 1.165) is 133 Å². The first-order valence-electron chi connectivity index (χ1n) is 36.2. The highest BCUT2D eigenvalue weighted by Crippen LogP contribution is 2.40. The molecule has 0 radical (unpaired) electrons. The van der Waals surface area contributed by atoms with Crippen molar-refractivity contribution in [2.75, 3.05) is 39.3 Å². The number of benzene rings is 8. The number of hydrogen-bond donors (Lipinski definition) is 8. The average Bonchev–Trinajstić information content (AvgIpc) is 0.833. The molecule has 3 aromatic heterocycles. The summed E-state index contributed by atoms with van der Waals surface area (Å²) in [5.74, 6) is 6.70. The molecular weight excluding hydrogens is 1360 g/mol. The summed E-state index contributed by atoms with van der Waals surface area (Å²) < 4.78 is 10.4. The van der Waals surface area contributed by atoms with Gasteiger partial charge < -0.3 is 36.3 Å². The van der Waals surface area contributed by atoms with Crippen LogP contribution in [-0.2, 0) is 14.1 Å². The second kappa shape index (κ2) is 34.9. The third-order valence-corrected chi connectivity index (χ3v) is 19.7. The minimum Gasteiger partial charge on any atom is -0.455 e. The van der Waals surface area contributed by atoms with Crippen LogP contribution in [0.5, 0.6) is 0 Å². The molecule has 0 amide bonds. The minimum absolute atomic E-state index is 0.145. The second-order valence-electron chi connectivity index (χ2n) is 26.6. The van der Waals surface area contributed by atoms with Crippen molar-refractivity contribution < 1.29 is 13.6 Å². The Morgan fingerprint density at radius 2 is 0.936 bits per heavy atom. The van der Waals surface area contributed by atoms with Crippen molar-refractivity contribution in [2.24, 2.45) is 20.0 Å². The molecule has 8 N–H and O–H groups in total. The van der Waals surface area contributed by atoms with Crippen molar-refractivity contribution in [2.45, 2.75) is 25.2 Å². The van der Waals surface area contributed by atoms with Gasteiger partial charge >= 0.3 is 0 Å². The van der Waals surface area contributed by atoms with Gasteiger partial charge in [-0.3, -0.25) is 10.6 Å². The van der Waals surface area contributed by atoms with Gasteiger partial charge in [-0.15, -0.1) is 6.42 Å². The molecule has 1 atom stereocenters. The highest BCUT2D eigenvalue weighted by atomic mass is 16.3. The molecule has 4 aliphatic heterocycles. The minimum atomic E-state index is 0.145. The largest absolute Gasteiger partial charge is 0.455 e. The lowest BCUT2D eigenvalue weighted by Gasteiger charge is -2.27. The molecule has 0 bridgehead atoms. The summed E-state index contributed by atoms with van der Waals surface area (Å²) in [6.07, 6.45) is 29.6. The summed E-state index contributed by atoms with van der Waals surface area (Å²) in [5, 5.41) is 92.0. The lowest BCUT2D eigenvalue weighted by molar-refractivity contribution is -0.671. The molecule has 1 unspecified atom stereocenters. The van der Waals surface area contributed by atoms with Crippen LogP contribution in [0.25, 0.3) is 83.3 Å². The number of fused-ring (bicyclic) bond motifs is 4. The lowest BCUT2D eigenvalue weighted by Crippen LogP contribution is -2.37. The van der Waals surface area contributed by atoms with E-state index in [1.807, 2.05) is 178 Å². The summed E-state index contributed by atoms with van der Waals surface area (Å²) in [6, 6.07) is 77.6. The quantitative estimate of drug-likeness (QED) is 0.0333. The van der Waals surface area contributed by atoms with Crippen molar-refractivity contribution in [1.29, 1.82) is 31.6 Å². The van der Waals surface area contributed by atoms with Gasteiger partial charge in [-0.25, -0.2) is 9.13 Å². The summed E-state index contributed by atoms with van der Waals surface area (Å²) in [6.45, 7) is 7.73. The van der Waals surface area contributed by atoms with Crippen LogP contribution < -0.4 is 72.5 Å². The van der Waals surface area contributed by atoms with E-state index in [1.54, 1.807) is 0 Å². The fourth-order valence-electron chi connectivity index (χ4n) is 14.2. The Bertz CT molecular complexity index is 5900. The van der Waals surface area contributed by atoms with Crippen LogP contribution >= 0.6 is 0 Å². The van der Waals surface area contributed by atoms with E-state index in [9.17, 15) is 10.5 Å². The topological polar surface area (TPSA) is 260 Å². The predicted octanol–water partition coefficient (Wildman–Crippen LogP) is 10.1. The smallest absolute Gasteiger partial charge is 0.169 e. The van der Waals surface area contributed by atoms with E-state index in [2.05, 4.69) is 205 Å². The van der Waals surface area contributed by atoms with Gasteiger partial charge in [-0.2, -0.15) is 31.6 Å². The van der Waals surface area contributed by atoms with E-state index in [0.29, 0.717) is 16.4 Å². The van der Waals surface area contributed by atoms with Gasteiger partial charge in [0, 0.05) is 136 Å². The monoisotopic (exact) mass is 1430 g/mol. The van der Waals surface area contributed by atoms with Crippen LogP contribution in [0.15, 0.2) is 289 Å². The Balaban J connectivity index is 0.000000122. The molecule has 11 aromatic rings. The van der Waals surface area contributed by atoms with Gasteiger partial charge in [-0.05, 0) is 85.8 Å².